The third kappa shape index (κ3) is 4.62. The Morgan fingerprint density at radius 3 is 2.40 bits per heavy atom. The minimum absolute atomic E-state index is 0.110. The third-order valence-corrected chi connectivity index (χ3v) is 11.0. The summed E-state index contributed by atoms with van der Waals surface area (Å²) in [6.45, 7) is 16.0. The first kappa shape index (κ1) is 20.8. The lowest BCUT2D eigenvalue weighted by atomic mass is 9.90. The highest BCUT2D eigenvalue weighted by atomic mass is 28.4. The molecule has 0 bridgehead atoms. The summed E-state index contributed by atoms with van der Waals surface area (Å²) >= 11 is 0. The second-order valence-electron chi connectivity index (χ2n) is 9.62. The fourth-order valence-electron chi connectivity index (χ4n) is 3.71. The van der Waals surface area contributed by atoms with Gasteiger partial charge in [0.15, 0.2) is 14.1 Å². The normalized spacial score (nSPS) is 30.3. The molecule has 4 atom stereocenters. The minimum Gasteiger partial charge on any atom is -0.416 e. The van der Waals surface area contributed by atoms with Gasteiger partial charge >= 0.3 is 0 Å². The molecule has 0 heterocycles. The van der Waals surface area contributed by atoms with Crippen LogP contribution in [-0.2, 0) is 18.7 Å². The van der Waals surface area contributed by atoms with Gasteiger partial charge in [-0.15, -0.1) is 0 Å². The molecule has 4 unspecified atom stereocenters. The molecule has 0 saturated heterocycles. The van der Waals surface area contributed by atoms with Crippen molar-refractivity contribution in [2.45, 2.75) is 77.5 Å². The van der Waals surface area contributed by atoms with Gasteiger partial charge in [-0.2, -0.15) is 0 Å². The van der Waals surface area contributed by atoms with E-state index in [0.717, 1.165) is 24.7 Å². The summed E-state index contributed by atoms with van der Waals surface area (Å²) in [7, 11) is -0.130. The summed E-state index contributed by atoms with van der Waals surface area (Å²) < 4.78 is 18.3. The van der Waals surface area contributed by atoms with E-state index in [1.165, 1.54) is 0 Å². The average molecular weight is 369 g/mol. The largest absolute Gasteiger partial charge is 0.416 e. The maximum Gasteiger partial charge on any atom is 0.191 e. The number of fused-ring (bicyclic) bond motifs is 1. The quantitative estimate of drug-likeness (QED) is 0.375. The number of rotatable bonds is 7. The van der Waals surface area contributed by atoms with E-state index in [2.05, 4.69) is 39.9 Å². The van der Waals surface area contributed by atoms with E-state index >= 15 is 0 Å². The fraction of sp³-hybridized carbons (Fsp3) is 0.850. The molecule has 0 amide bonds. The van der Waals surface area contributed by atoms with Crippen LogP contribution in [0.25, 0.3) is 0 Å². The van der Waals surface area contributed by atoms with Gasteiger partial charge in [-0.3, -0.25) is 4.79 Å². The molecule has 0 aliphatic heterocycles. The molecule has 0 aromatic rings. The Morgan fingerprint density at radius 2 is 1.88 bits per heavy atom. The second kappa shape index (κ2) is 7.26. The number of methoxy groups -OCH3 is 1. The van der Waals surface area contributed by atoms with E-state index in [-0.39, 0.29) is 11.1 Å². The smallest absolute Gasteiger partial charge is 0.191 e. The van der Waals surface area contributed by atoms with Crippen LogP contribution in [-0.4, -0.2) is 40.2 Å². The first-order valence-corrected chi connectivity index (χ1v) is 12.3. The molecule has 0 aromatic carbocycles. The van der Waals surface area contributed by atoms with Crippen molar-refractivity contribution in [1.29, 1.82) is 0 Å². The molecule has 0 aromatic heterocycles. The van der Waals surface area contributed by atoms with Gasteiger partial charge in [-0.05, 0) is 62.2 Å². The number of aldehydes is 1. The highest BCUT2D eigenvalue weighted by molar-refractivity contribution is 6.74. The predicted octanol–water partition coefficient (Wildman–Crippen LogP) is 4.56. The minimum atomic E-state index is -1.81. The van der Waals surface area contributed by atoms with Crippen molar-refractivity contribution in [3.63, 3.8) is 0 Å². The van der Waals surface area contributed by atoms with Crippen molar-refractivity contribution in [1.82, 2.24) is 0 Å². The summed E-state index contributed by atoms with van der Waals surface area (Å²) in [4.78, 5) is 11.2. The molecule has 0 N–H and O–H groups in total. The van der Waals surface area contributed by atoms with Crippen molar-refractivity contribution in [3.05, 3.63) is 11.6 Å². The number of hydrogen-bond donors (Lipinski definition) is 0. The van der Waals surface area contributed by atoms with E-state index < -0.39 is 14.1 Å². The Labute approximate surface area is 154 Å². The van der Waals surface area contributed by atoms with Crippen molar-refractivity contribution in [2.75, 3.05) is 13.7 Å². The van der Waals surface area contributed by atoms with E-state index in [1.54, 1.807) is 7.11 Å². The molecule has 25 heavy (non-hydrogen) atoms. The third-order valence-electron chi connectivity index (χ3n) is 6.50. The molecule has 4 nitrogen and oxygen atoms in total. The average Bonchev–Trinajstić information content (AvgIpc) is 3.01. The molecule has 5 heteroatoms. The zero-order valence-corrected chi connectivity index (χ0v) is 18.2. The van der Waals surface area contributed by atoms with E-state index in [1.807, 2.05) is 13.8 Å². The van der Waals surface area contributed by atoms with Gasteiger partial charge in [0.25, 0.3) is 0 Å². The predicted molar refractivity (Wildman–Crippen MR) is 103 cm³/mol. The number of hydrogen-bond acceptors (Lipinski definition) is 4. The monoisotopic (exact) mass is 368 g/mol. The van der Waals surface area contributed by atoms with Gasteiger partial charge in [0, 0.05) is 19.6 Å². The molecule has 1 fully saturated rings. The lowest BCUT2D eigenvalue weighted by molar-refractivity contribution is -0.232. The highest BCUT2D eigenvalue weighted by Gasteiger charge is 2.48. The molecular weight excluding hydrogens is 332 g/mol. The molecule has 2 aliphatic rings. The second-order valence-corrected chi connectivity index (χ2v) is 14.4. The van der Waals surface area contributed by atoms with E-state index in [9.17, 15) is 4.79 Å². The maximum atomic E-state index is 11.2. The van der Waals surface area contributed by atoms with Gasteiger partial charge in [0.05, 0.1) is 6.10 Å². The zero-order chi connectivity index (χ0) is 19.0. The first-order chi connectivity index (χ1) is 11.4. The van der Waals surface area contributed by atoms with Crippen LogP contribution >= 0.6 is 0 Å². The summed E-state index contributed by atoms with van der Waals surface area (Å²) in [6.07, 6.45) is 5.08. The van der Waals surface area contributed by atoms with Crippen molar-refractivity contribution in [2.24, 2.45) is 17.8 Å². The van der Waals surface area contributed by atoms with Gasteiger partial charge < -0.3 is 13.9 Å². The van der Waals surface area contributed by atoms with Crippen LogP contribution in [0.4, 0.5) is 0 Å². The van der Waals surface area contributed by atoms with Crippen LogP contribution < -0.4 is 0 Å². The molecule has 0 radical (unpaired) electrons. The van der Waals surface area contributed by atoms with Crippen LogP contribution in [0, 0.1) is 17.8 Å². The molecule has 2 rings (SSSR count). The summed E-state index contributed by atoms with van der Waals surface area (Å²) in [5.74, 6) is 0.575. The van der Waals surface area contributed by atoms with Gasteiger partial charge in [-0.1, -0.05) is 26.8 Å². The molecule has 1 saturated carbocycles. The van der Waals surface area contributed by atoms with Crippen molar-refractivity contribution < 1.29 is 18.7 Å². The van der Waals surface area contributed by atoms with Crippen LogP contribution in [0.5, 0.6) is 0 Å². The number of ether oxygens (including phenoxy) is 2. The Bertz CT molecular complexity index is 518. The summed E-state index contributed by atoms with van der Waals surface area (Å²) in [5.41, 5.74) is 0.941. The first-order valence-electron chi connectivity index (χ1n) is 9.43. The van der Waals surface area contributed by atoms with E-state index in [4.69, 9.17) is 13.9 Å². The lowest BCUT2D eigenvalue weighted by Crippen LogP contribution is -2.44. The van der Waals surface area contributed by atoms with Gasteiger partial charge in [-0.25, -0.2) is 0 Å². The topological polar surface area (TPSA) is 44.8 Å². The Hall–Kier alpha value is -0.493. The zero-order valence-electron chi connectivity index (χ0n) is 17.2. The van der Waals surface area contributed by atoms with Crippen LogP contribution in [0.3, 0.4) is 0 Å². The molecule has 2 aliphatic carbocycles. The number of carbonyl (C=O) groups excluding carboxylic acids is 1. The summed E-state index contributed by atoms with van der Waals surface area (Å²) in [6, 6.07) is 0. The lowest BCUT2D eigenvalue weighted by Gasteiger charge is -2.39. The standard InChI is InChI=1S/C20H36O4Si/c1-19(2,3)25(7,8)23-13-17-16-10-14(12-21)9-15(16)11-18(17)24-20(4,5)22-6/h9,12,15-18H,10-11,13H2,1-8H3. The Kier molecular flexibility index (Phi) is 6.04. The SMILES string of the molecule is COC(C)(C)OC1CC2C=C(C=O)CC2C1CO[Si](C)(C)C(C)(C)C. The number of carbonyl (C=O) groups is 1. The Morgan fingerprint density at radius 1 is 1.24 bits per heavy atom. The number of allylic oxidation sites excluding steroid dienone is 2. The van der Waals surface area contributed by atoms with E-state index in [0.29, 0.717) is 24.4 Å². The highest BCUT2D eigenvalue weighted by Crippen LogP contribution is 2.49. The maximum absolute atomic E-state index is 11.2. The van der Waals surface area contributed by atoms with Crippen LogP contribution in [0.1, 0.15) is 47.5 Å². The summed E-state index contributed by atoms with van der Waals surface area (Å²) in [5, 5.41) is 0.190. The molecular formula is C20H36O4Si. The molecule has 0 spiro atoms. The van der Waals surface area contributed by atoms with Gasteiger partial charge in [0.2, 0.25) is 0 Å². The molecule has 144 valence electrons. The fourth-order valence-corrected chi connectivity index (χ4v) is 4.75. The van der Waals surface area contributed by atoms with Crippen molar-refractivity contribution in [3.8, 4) is 0 Å². The van der Waals surface area contributed by atoms with Gasteiger partial charge in [0.1, 0.15) is 6.29 Å². The van der Waals surface area contributed by atoms with Crippen LogP contribution in [0.2, 0.25) is 18.1 Å². The van der Waals surface area contributed by atoms with Crippen molar-refractivity contribution >= 4 is 14.6 Å². The van der Waals surface area contributed by atoms with Crippen LogP contribution in [0.15, 0.2) is 11.6 Å². The Balaban J connectivity index is 2.13.